The van der Waals surface area contributed by atoms with Crippen LogP contribution in [-0.4, -0.2) is 22.5 Å². The Morgan fingerprint density at radius 1 is 1.09 bits per heavy atom. The second kappa shape index (κ2) is 4.07. The molecule has 1 nitrogen and oxygen atoms in total. The van der Waals surface area contributed by atoms with E-state index in [9.17, 15) is 0 Å². The Labute approximate surface area is 77.4 Å². The lowest BCUT2D eigenvalue weighted by molar-refractivity contribution is 0.551. The van der Waals surface area contributed by atoms with Gasteiger partial charge >= 0.3 is 0 Å². The van der Waals surface area contributed by atoms with E-state index >= 15 is 0 Å². The minimum absolute atomic E-state index is 0.740. The topological polar surface area (TPSA) is 9.23 Å². The van der Waals surface area contributed by atoms with Crippen molar-refractivity contribution < 1.29 is 4.12 Å². The van der Waals surface area contributed by atoms with Gasteiger partial charge in [0.2, 0.25) is 0 Å². The van der Waals surface area contributed by atoms with Gasteiger partial charge in [0.15, 0.2) is 16.6 Å². The molecule has 0 aliphatic heterocycles. The summed E-state index contributed by atoms with van der Waals surface area (Å²) in [6.07, 6.45) is 0. The molecule has 11 heavy (non-hydrogen) atoms. The van der Waals surface area contributed by atoms with Crippen molar-refractivity contribution >= 4 is 28.2 Å². The number of hydrogen-bond acceptors (Lipinski definition) is 1. The highest BCUT2D eigenvalue weighted by Gasteiger charge is 2.28. The van der Waals surface area contributed by atoms with E-state index in [1.807, 2.05) is 0 Å². The van der Waals surface area contributed by atoms with Gasteiger partial charge in [-0.15, -0.1) is 11.6 Å². The van der Waals surface area contributed by atoms with Crippen LogP contribution in [0.15, 0.2) is 0 Å². The van der Waals surface area contributed by atoms with E-state index in [-0.39, 0.29) is 0 Å². The van der Waals surface area contributed by atoms with Gasteiger partial charge in [-0.2, -0.15) is 0 Å². The highest BCUT2D eigenvalue weighted by atomic mass is 35.5. The van der Waals surface area contributed by atoms with Crippen LogP contribution in [0.1, 0.15) is 0 Å². The predicted molar refractivity (Wildman–Crippen MR) is 57.4 cm³/mol. The third-order valence-electron chi connectivity index (χ3n) is 1.28. The molecule has 0 heterocycles. The molecule has 0 fully saturated rings. The number of alkyl halides is 1. The Bertz CT molecular complexity index is 120. The summed E-state index contributed by atoms with van der Waals surface area (Å²) < 4.78 is 6.06. The number of rotatable bonds is 4. The van der Waals surface area contributed by atoms with Gasteiger partial charge in [-0.1, -0.05) is 0 Å². The molecule has 0 atom stereocenters. The monoisotopic (exact) mass is 210 g/mol. The Hall–Kier alpha value is 0.684. The molecule has 0 radical (unpaired) electrons. The standard InChI is InChI=1S/C7H19ClOSi2/c1-10(2,3)9-11(4,5)7-6-8/h6-7H2,1-5H3. The van der Waals surface area contributed by atoms with Crippen molar-refractivity contribution in [2.75, 3.05) is 5.88 Å². The molecule has 0 unspecified atom stereocenters. The molecular formula is C7H19ClOSi2. The van der Waals surface area contributed by atoms with Crippen molar-refractivity contribution in [3.63, 3.8) is 0 Å². The van der Waals surface area contributed by atoms with Crippen molar-refractivity contribution in [1.82, 2.24) is 0 Å². The fraction of sp³-hybridized carbons (Fsp3) is 1.00. The predicted octanol–water partition coefficient (Wildman–Crippen LogP) is 3.28. The fourth-order valence-electron chi connectivity index (χ4n) is 1.11. The highest BCUT2D eigenvalue weighted by molar-refractivity contribution is 6.84. The molecule has 0 saturated carbocycles. The zero-order valence-corrected chi connectivity index (χ0v) is 11.0. The second-order valence-electron chi connectivity index (χ2n) is 4.41. The Kier molecular flexibility index (Phi) is 4.33. The minimum atomic E-state index is -1.41. The highest BCUT2D eigenvalue weighted by Crippen LogP contribution is 2.18. The van der Waals surface area contributed by atoms with E-state index in [0.717, 1.165) is 11.9 Å². The third-order valence-corrected chi connectivity index (χ3v) is 7.90. The number of hydrogen-bond donors (Lipinski definition) is 0. The van der Waals surface area contributed by atoms with Crippen LogP contribution < -0.4 is 0 Å². The Morgan fingerprint density at radius 2 is 1.55 bits per heavy atom. The molecule has 0 aromatic carbocycles. The second-order valence-corrected chi connectivity index (χ2v) is 13.9. The van der Waals surface area contributed by atoms with Gasteiger partial charge in [0.1, 0.15) is 0 Å². The molecule has 0 amide bonds. The summed E-state index contributed by atoms with van der Waals surface area (Å²) in [5.41, 5.74) is 0. The van der Waals surface area contributed by atoms with Crippen molar-refractivity contribution in [3.8, 4) is 0 Å². The lowest BCUT2D eigenvalue weighted by Gasteiger charge is -2.30. The van der Waals surface area contributed by atoms with Crippen molar-refractivity contribution in [2.45, 2.75) is 38.8 Å². The lowest BCUT2D eigenvalue weighted by atomic mass is 11.0. The third kappa shape index (κ3) is 7.06. The first-order chi connectivity index (χ1) is 4.77. The summed E-state index contributed by atoms with van der Waals surface area (Å²) in [7, 11) is -2.74. The quantitative estimate of drug-likeness (QED) is 0.511. The normalized spacial score (nSPS) is 13.6. The van der Waals surface area contributed by atoms with E-state index in [1.165, 1.54) is 0 Å². The van der Waals surface area contributed by atoms with Gasteiger partial charge in [0.05, 0.1) is 0 Å². The van der Waals surface area contributed by atoms with Crippen LogP contribution in [0.5, 0.6) is 0 Å². The summed E-state index contributed by atoms with van der Waals surface area (Å²) in [5.74, 6) is 0.740. The van der Waals surface area contributed by atoms with E-state index in [2.05, 4.69) is 32.7 Å². The summed E-state index contributed by atoms with van der Waals surface area (Å²) in [6, 6.07) is 1.07. The van der Waals surface area contributed by atoms with E-state index < -0.39 is 16.6 Å². The molecule has 0 aromatic rings. The van der Waals surface area contributed by atoms with Crippen LogP contribution in [0, 0.1) is 0 Å². The Morgan fingerprint density at radius 3 is 1.82 bits per heavy atom. The molecule has 0 bridgehead atoms. The van der Waals surface area contributed by atoms with Crippen LogP contribution in [0.3, 0.4) is 0 Å². The summed E-state index contributed by atoms with van der Waals surface area (Å²) in [4.78, 5) is 0. The van der Waals surface area contributed by atoms with Gasteiger partial charge in [0, 0.05) is 5.88 Å². The zero-order chi connectivity index (χ0) is 9.12. The van der Waals surface area contributed by atoms with Gasteiger partial charge in [-0.3, -0.25) is 0 Å². The van der Waals surface area contributed by atoms with Crippen LogP contribution in [0.4, 0.5) is 0 Å². The first kappa shape index (κ1) is 11.7. The molecule has 0 aromatic heterocycles. The van der Waals surface area contributed by atoms with E-state index in [0.29, 0.717) is 0 Å². The maximum Gasteiger partial charge on any atom is 0.174 e. The van der Waals surface area contributed by atoms with Crippen molar-refractivity contribution in [3.05, 3.63) is 0 Å². The summed E-state index contributed by atoms with van der Waals surface area (Å²) in [6.45, 7) is 11.2. The van der Waals surface area contributed by atoms with Gasteiger partial charge in [0.25, 0.3) is 0 Å². The molecule has 0 rings (SSSR count). The van der Waals surface area contributed by atoms with Crippen molar-refractivity contribution in [1.29, 1.82) is 0 Å². The largest absolute Gasteiger partial charge is 0.456 e. The lowest BCUT2D eigenvalue weighted by Crippen LogP contribution is -2.42. The van der Waals surface area contributed by atoms with Crippen LogP contribution >= 0.6 is 11.6 Å². The van der Waals surface area contributed by atoms with E-state index in [4.69, 9.17) is 15.7 Å². The average Bonchev–Trinajstić information content (AvgIpc) is 1.55. The molecular weight excluding hydrogens is 192 g/mol. The van der Waals surface area contributed by atoms with E-state index in [1.54, 1.807) is 0 Å². The van der Waals surface area contributed by atoms with Gasteiger partial charge in [-0.25, -0.2) is 0 Å². The molecule has 0 aliphatic carbocycles. The Balaban J connectivity index is 3.91. The zero-order valence-electron chi connectivity index (χ0n) is 8.20. The molecule has 0 N–H and O–H groups in total. The van der Waals surface area contributed by atoms with Gasteiger partial charge < -0.3 is 4.12 Å². The maximum absolute atomic E-state index is 6.06. The summed E-state index contributed by atoms with van der Waals surface area (Å²) >= 11 is 5.69. The fourth-order valence-corrected chi connectivity index (χ4v) is 9.97. The van der Waals surface area contributed by atoms with Gasteiger partial charge in [-0.05, 0) is 38.8 Å². The molecule has 4 heteroatoms. The first-order valence-corrected chi connectivity index (χ1v) is 11.1. The summed E-state index contributed by atoms with van der Waals surface area (Å²) in [5, 5.41) is 0. The van der Waals surface area contributed by atoms with Crippen LogP contribution in [0.25, 0.3) is 0 Å². The first-order valence-electron chi connectivity index (χ1n) is 4.03. The number of halogens is 1. The molecule has 0 saturated heterocycles. The van der Waals surface area contributed by atoms with Crippen LogP contribution in [0.2, 0.25) is 38.8 Å². The minimum Gasteiger partial charge on any atom is -0.456 e. The van der Waals surface area contributed by atoms with Crippen LogP contribution in [-0.2, 0) is 4.12 Å². The smallest absolute Gasteiger partial charge is 0.174 e. The van der Waals surface area contributed by atoms with Crippen molar-refractivity contribution in [2.24, 2.45) is 0 Å². The maximum atomic E-state index is 6.06. The SMILES string of the molecule is C[Si](C)(C)O[Si](C)(C)CCCl. The average molecular weight is 211 g/mol. The molecule has 0 aliphatic rings. The molecule has 68 valence electrons. The molecule has 0 spiro atoms.